The molecule has 0 saturated heterocycles. The Morgan fingerprint density at radius 3 is 2.57 bits per heavy atom. The van der Waals surface area contributed by atoms with E-state index in [0.29, 0.717) is 21.3 Å². The molecule has 0 radical (unpaired) electrons. The van der Waals surface area contributed by atoms with Crippen LogP contribution in [0.5, 0.6) is 0 Å². The zero-order valence-corrected chi connectivity index (χ0v) is 14.2. The Hall–Kier alpha value is -2.04. The van der Waals surface area contributed by atoms with Gasteiger partial charge in [-0.3, -0.25) is 0 Å². The van der Waals surface area contributed by atoms with Crippen molar-refractivity contribution in [3.05, 3.63) is 69.2 Å². The molecule has 120 valence electrons. The van der Waals surface area contributed by atoms with Crippen LogP contribution < -0.4 is 0 Å². The zero-order chi connectivity index (χ0) is 16.8. The monoisotopic (exact) mass is 351 g/mol. The first-order chi connectivity index (χ1) is 11.0. The molecular weight excluding hydrogens is 337 g/mol. The lowest BCUT2D eigenvalue weighted by Gasteiger charge is -2.05. The fourth-order valence-electron chi connectivity index (χ4n) is 1.88. The van der Waals surface area contributed by atoms with Crippen LogP contribution in [0.25, 0.3) is 0 Å². The van der Waals surface area contributed by atoms with Gasteiger partial charge in [0, 0.05) is 5.56 Å². The molecule has 2 rings (SSSR count). The Labute approximate surface area is 144 Å². The van der Waals surface area contributed by atoms with Crippen LogP contribution in [0.15, 0.2) is 47.6 Å². The minimum absolute atomic E-state index is 0.240. The van der Waals surface area contributed by atoms with Gasteiger partial charge in [0.1, 0.15) is 6.61 Å². The summed E-state index contributed by atoms with van der Waals surface area (Å²) < 4.78 is 4.68. The molecule has 0 saturated carbocycles. The van der Waals surface area contributed by atoms with Gasteiger partial charge < -0.3 is 9.57 Å². The standard InChI is InChI=1S/C17H15Cl2NO3/c1-11(13-6-7-15(18)16(19)9-13)20-23-10-12-4-3-5-14(8-12)17(21)22-2/h3-9H,10H2,1-2H3. The Balaban J connectivity index is 2.03. The molecular formula is C17H15Cl2NO3. The molecule has 0 heterocycles. The van der Waals surface area contributed by atoms with Crippen molar-refractivity contribution in [2.45, 2.75) is 13.5 Å². The maximum Gasteiger partial charge on any atom is 0.337 e. The molecule has 0 aliphatic rings. The lowest BCUT2D eigenvalue weighted by Crippen LogP contribution is -2.02. The van der Waals surface area contributed by atoms with Gasteiger partial charge in [-0.2, -0.15) is 0 Å². The van der Waals surface area contributed by atoms with Crippen molar-refractivity contribution in [1.29, 1.82) is 0 Å². The highest BCUT2D eigenvalue weighted by Gasteiger charge is 2.06. The van der Waals surface area contributed by atoms with Gasteiger partial charge in [-0.1, -0.05) is 46.6 Å². The molecule has 23 heavy (non-hydrogen) atoms. The van der Waals surface area contributed by atoms with E-state index in [4.69, 9.17) is 28.0 Å². The highest BCUT2D eigenvalue weighted by atomic mass is 35.5. The van der Waals surface area contributed by atoms with E-state index < -0.39 is 0 Å². The Morgan fingerprint density at radius 2 is 1.87 bits per heavy atom. The van der Waals surface area contributed by atoms with Gasteiger partial charge in [0.2, 0.25) is 0 Å². The zero-order valence-electron chi connectivity index (χ0n) is 12.7. The number of carbonyl (C=O) groups is 1. The van der Waals surface area contributed by atoms with E-state index in [1.165, 1.54) is 7.11 Å². The summed E-state index contributed by atoms with van der Waals surface area (Å²) in [5, 5.41) is 5.01. The van der Waals surface area contributed by atoms with E-state index in [1.807, 2.05) is 19.1 Å². The van der Waals surface area contributed by atoms with Crippen molar-refractivity contribution in [3.8, 4) is 0 Å². The van der Waals surface area contributed by atoms with Gasteiger partial charge in [-0.25, -0.2) is 4.79 Å². The molecule has 6 heteroatoms. The molecule has 2 aromatic carbocycles. The number of hydrogen-bond donors (Lipinski definition) is 0. The number of benzene rings is 2. The summed E-state index contributed by atoms with van der Waals surface area (Å²) in [6, 6.07) is 12.2. The van der Waals surface area contributed by atoms with Crippen molar-refractivity contribution in [2.24, 2.45) is 5.16 Å². The molecule has 0 fully saturated rings. The summed E-state index contributed by atoms with van der Waals surface area (Å²) in [6.07, 6.45) is 0. The normalized spacial score (nSPS) is 11.2. The highest BCUT2D eigenvalue weighted by Crippen LogP contribution is 2.23. The molecule has 0 atom stereocenters. The summed E-state index contributed by atoms with van der Waals surface area (Å²) in [6.45, 7) is 2.05. The maximum atomic E-state index is 11.5. The number of rotatable bonds is 5. The minimum atomic E-state index is -0.387. The van der Waals surface area contributed by atoms with Crippen molar-refractivity contribution in [3.63, 3.8) is 0 Å². The van der Waals surface area contributed by atoms with Gasteiger partial charge in [0.25, 0.3) is 0 Å². The van der Waals surface area contributed by atoms with E-state index in [-0.39, 0.29) is 12.6 Å². The van der Waals surface area contributed by atoms with E-state index in [2.05, 4.69) is 9.89 Å². The first kappa shape index (κ1) is 17.3. The van der Waals surface area contributed by atoms with Gasteiger partial charge >= 0.3 is 5.97 Å². The van der Waals surface area contributed by atoms with Crippen molar-refractivity contribution < 1.29 is 14.4 Å². The van der Waals surface area contributed by atoms with Crippen LogP contribution in [-0.2, 0) is 16.2 Å². The van der Waals surface area contributed by atoms with Crippen LogP contribution in [0.3, 0.4) is 0 Å². The maximum absolute atomic E-state index is 11.5. The number of halogens is 2. The fraction of sp³-hybridized carbons (Fsp3) is 0.176. The quantitative estimate of drug-likeness (QED) is 0.444. The molecule has 0 bridgehead atoms. The molecule has 0 spiro atoms. The number of carbonyl (C=O) groups excluding carboxylic acids is 1. The summed E-state index contributed by atoms with van der Waals surface area (Å²) in [4.78, 5) is 16.8. The van der Waals surface area contributed by atoms with Crippen LogP contribution >= 0.6 is 23.2 Å². The third kappa shape index (κ3) is 4.71. The average Bonchev–Trinajstić information content (AvgIpc) is 2.56. The second-order valence-electron chi connectivity index (χ2n) is 4.77. The van der Waals surface area contributed by atoms with Gasteiger partial charge in [0.05, 0.1) is 28.4 Å². The topological polar surface area (TPSA) is 47.9 Å². The molecule has 2 aromatic rings. The van der Waals surface area contributed by atoms with Gasteiger partial charge in [-0.15, -0.1) is 0 Å². The van der Waals surface area contributed by atoms with E-state index in [9.17, 15) is 4.79 Å². The molecule has 0 N–H and O–H groups in total. The van der Waals surface area contributed by atoms with E-state index in [0.717, 1.165) is 11.1 Å². The molecule has 0 aromatic heterocycles. The van der Waals surface area contributed by atoms with Crippen molar-refractivity contribution in [1.82, 2.24) is 0 Å². The second kappa shape index (κ2) is 7.99. The highest BCUT2D eigenvalue weighted by molar-refractivity contribution is 6.42. The number of hydrogen-bond acceptors (Lipinski definition) is 4. The van der Waals surface area contributed by atoms with Crippen LogP contribution in [0.2, 0.25) is 10.0 Å². The number of nitrogens with zero attached hydrogens (tertiary/aromatic N) is 1. The Morgan fingerprint density at radius 1 is 1.09 bits per heavy atom. The van der Waals surface area contributed by atoms with E-state index in [1.54, 1.807) is 30.3 Å². The second-order valence-corrected chi connectivity index (χ2v) is 5.59. The number of methoxy groups -OCH3 is 1. The summed E-state index contributed by atoms with van der Waals surface area (Å²) >= 11 is 11.9. The third-order valence-electron chi connectivity index (χ3n) is 3.12. The Kier molecular flexibility index (Phi) is 6.02. The van der Waals surface area contributed by atoms with Crippen LogP contribution in [-0.4, -0.2) is 18.8 Å². The summed E-state index contributed by atoms with van der Waals surface area (Å²) in [5.74, 6) is -0.387. The lowest BCUT2D eigenvalue weighted by molar-refractivity contribution is 0.0600. The minimum Gasteiger partial charge on any atom is -0.465 e. The predicted molar refractivity (Wildman–Crippen MR) is 91.2 cm³/mol. The molecule has 0 amide bonds. The van der Waals surface area contributed by atoms with E-state index >= 15 is 0 Å². The molecule has 0 unspecified atom stereocenters. The summed E-state index contributed by atoms with van der Waals surface area (Å²) in [5.41, 5.74) is 2.78. The van der Waals surface area contributed by atoms with Crippen LogP contribution in [0.1, 0.15) is 28.4 Å². The van der Waals surface area contributed by atoms with Crippen molar-refractivity contribution in [2.75, 3.05) is 7.11 Å². The van der Waals surface area contributed by atoms with Crippen LogP contribution in [0, 0.1) is 0 Å². The first-order valence-electron chi connectivity index (χ1n) is 6.80. The van der Waals surface area contributed by atoms with Crippen molar-refractivity contribution >= 4 is 34.9 Å². The smallest absolute Gasteiger partial charge is 0.337 e. The van der Waals surface area contributed by atoms with Gasteiger partial charge in [-0.05, 0) is 36.8 Å². The number of oxime groups is 1. The molecule has 0 aliphatic heterocycles. The van der Waals surface area contributed by atoms with Gasteiger partial charge in [0.15, 0.2) is 0 Å². The SMILES string of the molecule is COC(=O)c1cccc(CON=C(C)c2ccc(Cl)c(Cl)c2)c1. The fourth-order valence-corrected chi connectivity index (χ4v) is 2.18. The lowest BCUT2D eigenvalue weighted by atomic mass is 10.1. The number of ether oxygens (including phenoxy) is 1. The number of esters is 1. The predicted octanol–water partition coefficient (Wildman–Crippen LogP) is 4.72. The molecule has 4 nitrogen and oxygen atoms in total. The third-order valence-corrected chi connectivity index (χ3v) is 3.86. The largest absolute Gasteiger partial charge is 0.465 e. The Bertz CT molecular complexity index is 744. The molecule has 0 aliphatic carbocycles. The average molecular weight is 352 g/mol. The first-order valence-corrected chi connectivity index (χ1v) is 7.56. The summed E-state index contributed by atoms with van der Waals surface area (Å²) in [7, 11) is 1.34. The van der Waals surface area contributed by atoms with Crippen LogP contribution in [0.4, 0.5) is 0 Å².